The van der Waals surface area contributed by atoms with Gasteiger partial charge in [-0.2, -0.15) is 0 Å². The zero-order chi connectivity index (χ0) is 10.1. The van der Waals surface area contributed by atoms with Crippen LogP contribution in [-0.2, 0) is 9.63 Å². The van der Waals surface area contributed by atoms with Gasteiger partial charge in [0, 0.05) is 6.54 Å². The van der Waals surface area contributed by atoms with Crippen LogP contribution in [0.25, 0.3) is 0 Å². The van der Waals surface area contributed by atoms with E-state index in [0.717, 1.165) is 0 Å². The minimum atomic E-state index is -0.164. The summed E-state index contributed by atoms with van der Waals surface area (Å²) in [7, 11) is 0. The van der Waals surface area contributed by atoms with E-state index in [4.69, 9.17) is 4.84 Å². The summed E-state index contributed by atoms with van der Waals surface area (Å²) in [6.45, 7) is 8.96. The fourth-order valence-electron chi connectivity index (χ4n) is 0.613. The smallest absolute Gasteiger partial charge is 0.257 e. The maximum atomic E-state index is 11.0. The maximum absolute atomic E-state index is 11.0. The lowest BCUT2D eigenvalue weighted by Gasteiger charge is -2.07. The second kappa shape index (κ2) is 7.76. The minimum Gasteiger partial charge on any atom is -0.305 e. The Morgan fingerprint density at radius 2 is 2.31 bits per heavy atom. The van der Waals surface area contributed by atoms with Crippen LogP contribution in [0.1, 0.15) is 13.8 Å². The molecule has 0 aromatic carbocycles. The van der Waals surface area contributed by atoms with Gasteiger partial charge >= 0.3 is 0 Å². The van der Waals surface area contributed by atoms with Crippen molar-refractivity contribution in [1.82, 2.24) is 10.8 Å². The molecule has 0 fully saturated rings. The van der Waals surface area contributed by atoms with Crippen LogP contribution in [0.4, 0.5) is 0 Å². The van der Waals surface area contributed by atoms with Gasteiger partial charge < -0.3 is 5.32 Å². The standard InChI is InChI=1S/C9H18N2O2/c1-4-5-10-6-9(12)11-13-7-8(2)3/h4,8,10H,1,5-7H2,2-3H3,(H,11,12). The maximum Gasteiger partial charge on any atom is 0.257 e. The fourth-order valence-corrected chi connectivity index (χ4v) is 0.613. The summed E-state index contributed by atoms with van der Waals surface area (Å²) < 4.78 is 0. The number of nitrogens with one attached hydrogen (secondary N) is 2. The lowest BCUT2D eigenvalue weighted by Crippen LogP contribution is -2.34. The van der Waals surface area contributed by atoms with Gasteiger partial charge in [-0.1, -0.05) is 19.9 Å². The van der Waals surface area contributed by atoms with Crippen LogP contribution in [-0.4, -0.2) is 25.6 Å². The van der Waals surface area contributed by atoms with E-state index in [2.05, 4.69) is 17.4 Å². The first-order valence-electron chi connectivity index (χ1n) is 4.39. The van der Waals surface area contributed by atoms with E-state index in [1.165, 1.54) is 0 Å². The monoisotopic (exact) mass is 186 g/mol. The topological polar surface area (TPSA) is 50.4 Å². The van der Waals surface area contributed by atoms with Gasteiger partial charge in [-0.05, 0) is 5.92 Å². The quantitative estimate of drug-likeness (QED) is 0.345. The number of carbonyl (C=O) groups is 1. The number of hydrogen-bond acceptors (Lipinski definition) is 3. The molecule has 2 N–H and O–H groups in total. The number of hydroxylamine groups is 1. The van der Waals surface area contributed by atoms with Gasteiger partial charge in [0.05, 0.1) is 13.2 Å². The number of carbonyl (C=O) groups excluding carboxylic acids is 1. The Labute approximate surface area is 79.3 Å². The molecule has 13 heavy (non-hydrogen) atoms. The Balaban J connectivity index is 3.25. The molecule has 0 aromatic rings. The Kier molecular flexibility index (Phi) is 7.24. The fraction of sp³-hybridized carbons (Fsp3) is 0.667. The molecule has 0 heterocycles. The molecule has 4 heteroatoms. The van der Waals surface area contributed by atoms with Crippen LogP contribution in [0.15, 0.2) is 12.7 Å². The van der Waals surface area contributed by atoms with Crippen LogP contribution in [0, 0.1) is 5.92 Å². The van der Waals surface area contributed by atoms with E-state index in [0.29, 0.717) is 19.1 Å². The molecule has 0 saturated heterocycles. The van der Waals surface area contributed by atoms with E-state index in [9.17, 15) is 4.79 Å². The van der Waals surface area contributed by atoms with Gasteiger partial charge in [-0.15, -0.1) is 6.58 Å². The highest BCUT2D eigenvalue weighted by Crippen LogP contribution is 1.89. The lowest BCUT2D eigenvalue weighted by molar-refractivity contribution is -0.133. The van der Waals surface area contributed by atoms with Crippen molar-refractivity contribution in [3.63, 3.8) is 0 Å². The third kappa shape index (κ3) is 9.04. The zero-order valence-electron chi connectivity index (χ0n) is 8.30. The van der Waals surface area contributed by atoms with Crippen LogP contribution >= 0.6 is 0 Å². The molecule has 0 radical (unpaired) electrons. The predicted octanol–water partition coefficient (Wildman–Crippen LogP) is 0.466. The number of amides is 1. The Bertz CT molecular complexity index is 158. The molecule has 4 nitrogen and oxygen atoms in total. The zero-order valence-corrected chi connectivity index (χ0v) is 8.30. The number of hydrogen-bond donors (Lipinski definition) is 2. The summed E-state index contributed by atoms with van der Waals surface area (Å²) in [6.07, 6.45) is 1.70. The average molecular weight is 186 g/mol. The van der Waals surface area contributed by atoms with Crippen LogP contribution in [0.2, 0.25) is 0 Å². The highest BCUT2D eigenvalue weighted by Gasteiger charge is 1.99. The minimum absolute atomic E-state index is 0.164. The second-order valence-corrected chi connectivity index (χ2v) is 3.15. The van der Waals surface area contributed by atoms with Crippen molar-refractivity contribution in [2.75, 3.05) is 19.7 Å². The van der Waals surface area contributed by atoms with Gasteiger partial charge in [-0.25, -0.2) is 5.48 Å². The van der Waals surface area contributed by atoms with Gasteiger partial charge in [-0.3, -0.25) is 9.63 Å². The van der Waals surface area contributed by atoms with E-state index in [1.807, 2.05) is 13.8 Å². The summed E-state index contributed by atoms with van der Waals surface area (Å²) in [5.41, 5.74) is 2.34. The first-order chi connectivity index (χ1) is 6.16. The SMILES string of the molecule is C=CCNCC(=O)NOCC(C)C. The Hall–Kier alpha value is -0.870. The average Bonchev–Trinajstić information content (AvgIpc) is 2.04. The molecule has 0 rings (SSSR count). The van der Waals surface area contributed by atoms with Crippen LogP contribution in [0.3, 0.4) is 0 Å². The summed E-state index contributed by atoms with van der Waals surface area (Å²) in [5, 5.41) is 2.86. The molecule has 0 saturated carbocycles. The first-order valence-corrected chi connectivity index (χ1v) is 4.39. The van der Waals surface area contributed by atoms with Gasteiger partial charge in [0.1, 0.15) is 0 Å². The highest BCUT2D eigenvalue weighted by molar-refractivity contribution is 5.76. The largest absolute Gasteiger partial charge is 0.305 e. The molecule has 0 unspecified atom stereocenters. The summed E-state index contributed by atoms with van der Waals surface area (Å²) in [5.74, 6) is 0.254. The summed E-state index contributed by atoms with van der Waals surface area (Å²) in [4.78, 5) is 15.9. The lowest BCUT2D eigenvalue weighted by atomic mass is 10.2. The molecular weight excluding hydrogens is 168 g/mol. The van der Waals surface area contributed by atoms with E-state index in [1.54, 1.807) is 6.08 Å². The Morgan fingerprint density at radius 1 is 1.62 bits per heavy atom. The molecule has 0 atom stereocenters. The normalized spacial score (nSPS) is 10.1. The third-order valence-corrected chi connectivity index (χ3v) is 1.18. The van der Waals surface area contributed by atoms with Crippen molar-refractivity contribution in [3.05, 3.63) is 12.7 Å². The van der Waals surface area contributed by atoms with Gasteiger partial charge in [0.15, 0.2) is 0 Å². The van der Waals surface area contributed by atoms with Crippen molar-refractivity contribution in [3.8, 4) is 0 Å². The van der Waals surface area contributed by atoms with Crippen molar-refractivity contribution in [2.45, 2.75) is 13.8 Å². The molecule has 0 aromatic heterocycles. The molecule has 1 amide bonds. The van der Waals surface area contributed by atoms with Crippen molar-refractivity contribution >= 4 is 5.91 Å². The predicted molar refractivity (Wildman–Crippen MR) is 52.0 cm³/mol. The van der Waals surface area contributed by atoms with E-state index in [-0.39, 0.29) is 12.5 Å². The van der Waals surface area contributed by atoms with Crippen LogP contribution in [0.5, 0.6) is 0 Å². The molecule has 0 spiro atoms. The Morgan fingerprint density at radius 3 is 2.85 bits per heavy atom. The molecule has 0 aliphatic rings. The van der Waals surface area contributed by atoms with Crippen molar-refractivity contribution < 1.29 is 9.63 Å². The van der Waals surface area contributed by atoms with Gasteiger partial charge in [0.25, 0.3) is 5.91 Å². The highest BCUT2D eigenvalue weighted by atomic mass is 16.6. The summed E-state index contributed by atoms with van der Waals surface area (Å²) in [6, 6.07) is 0. The van der Waals surface area contributed by atoms with Crippen LogP contribution < -0.4 is 10.8 Å². The molecule has 0 bridgehead atoms. The summed E-state index contributed by atoms with van der Waals surface area (Å²) >= 11 is 0. The van der Waals surface area contributed by atoms with E-state index >= 15 is 0 Å². The third-order valence-electron chi connectivity index (χ3n) is 1.18. The second-order valence-electron chi connectivity index (χ2n) is 3.15. The first kappa shape index (κ1) is 12.1. The molecule has 76 valence electrons. The van der Waals surface area contributed by atoms with Crippen molar-refractivity contribution in [1.29, 1.82) is 0 Å². The van der Waals surface area contributed by atoms with E-state index < -0.39 is 0 Å². The molecule has 0 aliphatic carbocycles. The van der Waals surface area contributed by atoms with Crippen molar-refractivity contribution in [2.24, 2.45) is 5.92 Å². The number of rotatable bonds is 7. The molecule has 0 aliphatic heterocycles. The molecular formula is C9H18N2O2. The van der Waals surface area contributed by atoms with Gasteiger partial charge in [0.2, 0.25) is 0 Å².